The molecule has 1 spiro atoms. The number of hydrogen-bond donors (Lipinski definition) is 3. The summed E-state index contributed by atoms with van der Waals surface area (Å²) in [6.07, 6.45) is 4.66. The van der Waals surface area contributed by atoms with E-state index in [0.717, 1.165) is 48.6 Å². The molecule has 4 atom stereocenters. The highest BCUT2D eigenvalue weighted by Crippen LogP contribution is 2.69. The van der Waals surface area contributed by atoms with Crippen molar-refractivity contribution >= 4 is 10.9 Å². The van der Waals surface area contributed by atoms with Gasteiger partial charge in [-0.1, -0.05) is 24.3 Å². The number of aliphatic hydroxyl groups is 1. The van der Waals surface area contributed by atoms with Crippen LogP contribution in [-0.2, 0) is 18.3 Å². The van der Waals surface area contributed by atoms with E-state index >= 15 is 0 Å². The zero-order valence-corrected chi connectivity index (χ0v) is 17.4. The molecule has 2 unspecified atom stereocenters. The van der Waals surface area contributed by atoms with Crippen molar-refractivity contribution in [2.75, 3.05) is 13.1 Å². The zero-order valence-electron chi connectivity index (χ0n) is 17.4. The van der Waals surface area contributed by atoms with Crippen molar-refractivity contribution in [1.82, 2.24) is 9.88 Å². The Morgan fingerprint density at radius 1 is 1.16 bits per heavy atom. The molecule has 1 saturated heterocycles. The number of phenols is 1. The number of benzene rings is 2. The van der Waals surface area contributed by atoms with Crippen LogP contribution in [-0.4, -0.2) is 44.8 Å². The Bertz CT molecular complexity index is 1280. The summed E-state index contributed by atoms with van der Waals surface area (Å²) < 4.78 is 6.60. The lowest BCUT2D eigenvalue weighted by Crippen LogP contribution is -2.74. The summed E-state index contributed by atoms with van der Waals surface area (Å²) >= 11 is 0. The average molecular weight is 415 g/mol. The molecule has 5 aliphatic rings. The van der Waals surface area contributed by atoms with E-state index in [0.29, 0.717) is 12.2 Å². The molecule has 3 heterocycles. The molecule has 0 amide bonds. The van der Waals surface area contributed by atoms with Crippen LogP contribution in [0.5, 0.6) is 11.5 Å². The van der Waals surface area contributed by atoms with Gasteiger partial charge in [0.15, 0.2) is 17.6 Å². The number of phenolic OH excluding ortho intramolecular Hbond substituents is 1. The maximum absolute atomic E-state index is 12.7. The number of piperidine rings is 1. The van der Waals surface area contributed by atoms with Crippen molar-refractivity contribution in [1.29, 1.82) is 0 Å². The molecule has 5 nitrogen and oxygen atoms in total. The monoisotopic (exact) mass is 414 g/mol. The maximum atomic E-state index is 12.7. The van der Waals surface area contributed by atoms with Gasteiger partial charge in [-0.25, -0.2) is 0 Å². The SMILES string of the molecule is Oc1ccc2c3c1O[C@H]1c4[nH]c5ccccc5c4C[C@@]4(O)C(C2)N(CC2CC2)CCC314. The van der Waals surface area contributed by atoms with E-state index in [1.54, 1.807) is 6.07 Å². The third-order valence-corrected chi connectivity index (χ3v) is 9.07. The molecule has 1 saturated carbocycles. The zero-order chi connectivity index (χ0) is 20.5. The molecule has 5 heteroatoms. The maximum Gasteiger partial charge on any atom is 0.166 e. The molecule has 2 fully saturated rings. The van der Waals surface area contributed by atoms with Crippen molar-refractivity contribution in [3.05, 3.63) is 58.8 Å². The van der Waals surface area contributed by atoms with Gasteiger partial charge in [0.05, 0.1) is 16.7 Å². The second-order valence-corrected chi connectivity index (χ2v) is 10.5. The van der Waals surface area contributed by atoms with Crippen LogP contribution in [0.3, 0.4) is 0 Å². The summed E-state index contributed by atoms with van der Waals surface area (Å²) in [5, 5.41) is 24.6. The second-order valence-electron chi connectivity index (χ2n) is 10.5. The minimum absolute atomic E-state index is 0.0813. The third-order valence-electron chi connectivity index (χ3n) is 9.07. The van der Waals surface area contributed by atoms with Gasteiger partial charge in [-0.3, -0.25) is 4.90 Å². The molecule has 2 bridgehead atoms. The fraction of sp³-hybridized carbons (Fsp3) is 0.462. The van der Waals surface area contributed by atoms with Gasteiger partial charge < -0.3 is 19.9 Å². The number of H-pyrrole nitrogens is 1. The molecule has 0 radical (unpaired) electrons. The van der Waals surface area contributed by atoms with Crippen LogP contribution in [0.2, 0.25) is 0 Å². The summed E-state index contributed by atoms with van der Waals surface area (Å²) in [6.45, 7) is 2.07. The number of aromatic amines is 1. The predicted molar refractivity (Wildman–Crippen MR) is 117 cm³/mol. The fourth-order valence-electron chi connectivity index (χ4n) is 7.57. The number of aromatic hydroxyl groups is 1. The standard InChI is InChI=1S/C26H26N2O3/c29-19-8-7-15-11-20-26(30)12-17-16-3-1-2-4-18(16)27-22(17)24-25(26,21(15)23(19)31-24)9-10-28(20)13-14-5-6-14/h1-4,7-8,14,20,24,27,29-30H,5-6,9-13H2/t20?,24-,25?,26+/m0/s1. The van der Waals surface area contributed by atoms with Crippen LogP contribution in [0.25, 0.3) is 10.9 Å². The van der Waals surface area contributed by atoms with Crippen molar-refractivity contribution in [3.63, 3.8) is 0 Å². The highest BCUT2D eigenvalue weighted by Gasteiger charge is 2.72. The Morgan fingerprint density at radius 2 is 2.03 bits per heavy atom. The number of rotatable bonds is 2. The van der Waals surface area contributed by atoms with Gasteiger partial charge in [-0.2, -0.15) is 0 Å². The van der Waals surface area contributed by atoms with Crippen molar-refractivity contribution in [2.45, 2.75) is 55.3 Å². The molecule has 1 aromatic heterocycles. The van der Waals surface area contributed by atoms with E-state index < -0.39 is 11.0 Å². The van der Waals surface area contributed by atoms with E-state index in [1.807, 2.05) is 6.07 Å². The highest BCUT2D eigenvalue weighted by atomic mass is 16.5. The van der Waals surface area contributed by atoms with Gasteiger partial charge in [0.25, 0.3) is 0 Å². The summed E-state index contributed by atoms with van der Waals surface area (Å²) in [4.78, 5) is 6.22. The van der Waals surface area contributed by atoms with Crippen molar-refractivity contribution in [3.8, 4) is 11.5 Å². The fourth-order valence-corrected chi connectivity index (χ4v) is 7.57. The predicted octanol–water partition coefficient (Wildman–Crippen LogP) is 3.57. The van der Waals surface area contributed by atoms with Crippen LogP contribution in [0, 0.1) is 5.92 Å². The Balaban J connectivity index is 1.43. The summed E-state index contributed by atoms with van der Waals surface area (Å²) in [6, 6.07) is 12.3. The lowest BCUT2D eigenvalue weighted by Gasteiger charge is -2.62. The molecule has 31 heavy (non-hydrogen) atoms. The first-order valence-corrected chi connectivity index (χ1v) is 11.7. The smallest absolute Gasteiger partial charge is 0.166 e. The second kappa shape index (κ2) is 5.28. The van der Waals surface area contributed by atoms with Crippen molar-refractivity contribution in [2.24, 2.45) is 5.92 Å². The number of hydrogen-bond acceptors (Lipinski definition) is 4. The summed E-state index contributed by atoms with van der Waals surface area (Å²) in [5.74, 6) is 1.58. The number of para-hydroxylation sites is 1. The van der Waals surface area contributed by atoms with Crippen LogP contribution in [0.4, 0.5) is 0 Å². The number of aromatic nitrogens is 1. The van der Waals surface area contributed by atoms with Gasteiger partial charge in [0.1, 0.15) is 0 Å². The van der Waals surface area contributed by atoms with E-state index in [9.17, 15) is 10.2 Å². The van der Waals surface area contributed by atoms with Crippen LogP contribution >= 0.6 is 0 Å². The van der Waals surface area contributed by atoms with Gasteiger partial charge in [-0.15, -0.1) is 0 Å². The molecular formula is C26H26N2O3. The lowest BCUT2D eigenvalue weighted by atomic mass is 9.49. The lowest BCUT2D eigenvalue weighted by molar-refractivity contribution is -0.173. The van der Waals surface area contributed by atoms with Gasteiger partial charge in [0, 0.05) is 35.5 Å². The molecule has 8 rings (SSSR count). The Morgan fingerprint density at radius 3 is 2.90 bits per heavy atom. The number of likely N-dealkylation sites (tertiary alicyclic amines) is 1. The Labute approximate surface area is 180 Å². The van der Waals surface area contributed by atoms with Gasteiger partial charge >= 0.3 is 0 Å². The molecular weight excluding hydrogens is 388 g/mol. The summed E-state index contributed by atoms with van der Waals surface area (Å²) in [7, 11) is 0. The quantitative estimate of drug-likeness (QED) is 0.600. The first kappa shape index (κ1) is 17.1. The number of nitrogens with one attached hydrogen (secondary N) is 1. The topological polar surface area (TPSA) is 68.7 Å². The van der Waals surface area contributed by atoms with E-state index in [4.69, 9.17) is 4.74 Å². The molecule has 2 aromatic carbocycles. The number of ether oxygens (including phenoxy) is 1. The number of nitrogens with zero attached hydrogens (tertiary/aromatic N) is 1. The van der Waals surface area contributed by atoms with Crippen LogP contribution in [0.15, 0.2) is 36.4 Å². The van der Waals surface area contributed by atoms with E-state index in [2.05, 4.69) is 34.1 Å². The molecule has 3 aromatic rings. The first-order valence-electron chi connectivity index (χ1n) is 11.7. The van der Waals surface area contributed by atoms with E-state index in [-0.39, 0.29) is 17.9 Å². The minimum Gasteiger partial charge on any atom is -0.504 e. The minimum atomic E-state index is -0.908. The normalized spacial score (nSPS) is 35.0. The Hall–Kier alpha value is -2.50. The van der Waals surface area contributed by atoms with Crippen molar-refractivity contribution < 1.29 is 14.9 Å². The van der Waals surface area contributed by atoms with Crippen LogP contribution in [0.1, 0.15) is 47.8 Å². The van der Waals surface area contributed by atoms with Gasteiger partial charge in [0.2, 0.25) is 0 Å². The Kier molecular flexibility index (Phi) is 2.91. The molecule has 3 aliphatic carbocycles. The largest absolute Gasteiger partial charge is 0.504 e. The molecule has 2 aliphatic heterocycles. The summed E-state index contributed by atoms with van der Waals surface area (Å²) in [5.41, 5.74) is 4.27. The van der Waals surface area contributed by atoms with Gasteiger partial charge in [-0.05, 0) is 61.4 Å². The first-order chi connectivity index (χ1) is 15.1. The number of fused-ring (bicyclic) bond motifs is 4. The molecule has 158 valence electrons. The molecule has 3 N–H and O–H groups in total. The highest BCUT2D eigenvalue weighted by molar-refractivity contribution is 5.86. The van der Waals surface area contributed by atoms with Crippen LogP contribution < -0.4 is 4.74 Å². The third kappa shape index (κ3) is 1.84. The van der Waals surface area contributed by atoms with E-state index in [1.165, 1.54) is 29.4 Å². The average Bonchev–Trinajstić information content (AvgIpc) is 3.40.